The van der Waals surface area contributed by atoms with Crippen molar-refractivity contribution in [3.05, 3.63) is 81.2 Å². The van der Waals surface area contributed by atoms with Gasteiger partial charge in [-0.2, -0.15) is 0 Å². The minimum atomic E-state index is 0.468. The average Bonchev–Trinajstić information content (AvgIpc) is 3.02. The lowest BCUT2D eigenvalue weighted by atomic mass is 9.89. The van der Waals surface area contributed by atoms with Crippen molar-refractivity contribution in [2.75, 3.05) is 13.2 Å². The molecule has 0 heterocycles. The van der Waals surface area contributed by atoms with E-state index in [1.807, 2.05) is 0 Å². The number of benzene rings is 4. The largest absolute Gasteiger partial charge is 0.489 e. The monoisotopic (exact) mass is 646 g/mol. The number of aryl methyl sites for hydroxylation is 1. The molecule has 202 valence electrons. The Morgan fingerprint density at radius 3 is 1.97 bits per heavy atom. The van der Waals surface area contributed by atoms with Gasteiger partial charge >= 0.3 is 0 Å². The zero-order valence-corrected chi connectivity index (χ0v) is 26.6. The maximum atomic E-state index is 6.44. The van der Waals surface area contributed by atoms with Gasteiger partial charge < -0.3 is 9.47 Å². The molecule has 1 aliphatic rings. The predicted molar refractivity (Wildman–Crippen MR) is 172 cm³/mol. The van der Waals surface area contributed by atoms with Crippen molar-refractivity contribution in [2.45, 2.75) is 47.5 Å². The predicted octanol–water partition coefficient (Wildman–Crippen LogP) is 11.4. The van der Waals surface area contributed by atoms with Crippen LogP contribution in [0.3, 0.4) is 0 Å². The minimum absolute atomic E-state index is 0.468. The van der Waals surface area contributed by atoms with Gasteiger partial charge in [0.25, 0.3) is 0 Å². The van der Waals surface area contributed by atoms with Crippen LogP contribution in [0.15, 0.2) is 75.7 Å². The third-order valence-electron chi connectivity index (χ3n) is 7.83. The molecule has 1 aliphatic carbocycles. The molecule has 0 saturated heterocycles. The average molecular weight is 648 g/mol. The van der Waals surface area contributed by atoms with E-state index in [2.05, 4.69) is 133 Å². The molecule has 0 amide bonds. The van der Waals surface area contributed by atoms with Crippen LogP contribution in [0.2, 0.25) is 0 Å². The van der Waals surface area contributed by atoms with Crippen LogP contribution in [0, 0.1) is 18.8 Å². The molecular weight excluding hydrogens is 612 g/mol. The van der Waals surface area contributed by atoms with Gasteiger partial charge in [0.15, 0.2) is 11.5 Å². The van der Waals surface area contributed by atoms with Gasteiger partial charge in [-0.25, -0.2) is 0 Å². The number of rotatable bonds is 9. The van der Waals surface area contributed by atoms with Gasteiger partial charge in [0.05, 0.1) is 13.2 Å². The van der Waals surface area contributed by atoms with Crippen molar-refractivity contribution in [3.8, 4) is 56.0 Å². The number of fused-ring (bicyclic) bond motifs is 7. The highest BCUT2D eigenvalue weighted by molar-refractivity contribution is 9.10. The number of hydrogen-bond acceptors (Lipinski definition) is 2. The molecule has 2 atom stereocenters. The fourth-order valence-corrected chi connectivity index (χ4v) is 5.94. The molecule has 39 heavy (non-hydrogen) atoms. The third-order valence-corrected chi connectivity index (χ3v) is 8.99. The van der Waals surface area contributed by atoms with E-state index in [-0.39, 0.29) is 0 Å². The highest BCUT2D eigenvalue weighted by atomic mass is 79.9. The molecule has 0 spiro atoms. The minimum Gasteiger partial charge on any atom is -0.489 e. The third kappa shape index (κ3) is 5.69. The van der Waals surface area contributed by atoms with Crippen molar-refractivity contribution in [1.82, 2.24) is 0 Å². The molecule has 0 radical (unpaired) electrons. The van der Waals surface area contributed by atoms with Gasteiger partial charge in [-0.3, -0.25) is 0 Å². The van der Waals surface area contributed by atoms with E-state index in [1.165, 1.54) is 44.5 Å². The molecule has 2 unspecified atom stereocenters. The van der Waals surface area contributed by atoms with Gasteiger partial charge in [-0.1, -0.05) is 114 Å². The Morgan fingerprint density at radius 1 is 0.615 bits per heavy atom. The summed E-state index contributed by atoms with van der Waals surface area (Å²) in [7, 11) is 0. The maximum absolute atomic E-state index is 6.44. The Balaban J connectivity index is 1.73. The van der Waals surface area contributed by atoms with Crippen molar-refractivity contribution in [1.29, 1.82) is 0 Å². The maximum Gasteiger partial charge on any atom is 0.161 e. The van der Waals surface area contributed by atoms with Crippen LogP contribution in [0.5, 0.6) is 11.5 Å². The van der Waals surface area contributed by atoms with Crippen LogP contribution >= 0.6 is 31.9 Å². The molecule has 4 aromatic carbocycles. The second kappa shape index (κ2) is 11.9. The van der Waals surface area contributed by atoms with Crippen LogP contribution < -0.4 is 9.47 Å². The summed E-state index contributed by atoms with van der Waals surface area (Å²) in [4.78, 5) is 0. The topological polar surface area (TPSA) is 18.5 Å². The summed E-state index contributed by atoms with van der Waals surface area (Å²) < 4.78 is 14.9. The summed E-state index contributed by atoms with van der Waals surface area (Å²) in [6.07, 6.45) is 2.16. The molecule has 2 bridgehead atoms. The van der Waals surface area contributed by atoms with Crippen molar-refractivity contribution < 1.29 is 9.47 Å². The van der Waals surface area contributed by atoms with E-state index in [4.69, 9.17) is 9.47 Å². The fourth-order valence-electron chi connectivity index (χ4n) is 5.03. The Morgan fingerprint density at radius 2 is 1.26 bits per heavy atom. The Kier molecular flexibility index (Phi) is 8.54. The number of ether oxygens (including phenoxy) is 2. The standard InChI is InChI=1S/C35H36Br2O2/c1-6-21(3)19-38-32-15-9-24(17-33(32)39-20-22(4)7-2)34-27-13-14-31(37)35(34)28-11-8-23(5)16-29(28)30-18-25(36)10-12-26(27)30/h8-18,21-22H,6-7,19-20H2,1-5H3. The van der Waals surface area contributed by atoms with Crippen LogP contribution in [0.4, 0.5) is 0 Å². The summed E-state index contributed by atoms with van der Waals surface area (Å²) in [5.41, 5.74) is 10.9. The summed E-state index contributed by atoms with van der Waals surface area (Å²) in [6.45, 7) is 12.4. The molecular formula is C35H36Br2O2. The molecule has 0 fully saturated rings. The first-order valence-electron chi connectivity index (χ1n) is 13.9. The second-order valence-corrected chi connectivity index (χ2v) is 12.7. The summed E-state index contributed by atoms with van der Waals surface area (Å²) in [5.74, 6) is 2.58. The van der Waals surface area contributed by atoms with Crippen LogP contribution in [0.25, 0.3) is 44.5 Å². The van der Waals surface area contributed by atoms with E-state index in [1.54, 1.807) is 0 Å². The molecule has 0 saturated carbocycles. The number of hydrogen-bond donors (Lipinski definition) is 0. The van der Waals surface area contributed by atoms with Crippen molar-refractivity contribution in [3.63, 3.8) is 0 Å². The lowest BCUT2D eigenvalue weighted by Gasteiger charge is -2.20. The highest BCUT2D eigenvalue weighted by Crippen LogP contribution is 2.53. The van der Waals surface area contributed by atoms with Crippen LogP contribution in [-0.2, 0) is 0 Å². The van der Waals surface area contributed by atoms with E-state index in [0.29, 0.717) is 25.0 Å². The summed E-state index contributed by atoms with van der Waals surface area (Å²) in [5, 5.41) is 0. The van der Waals surface area contributed by atoms with Crippen molar-refractivity contribution in [2.24, 2.45) is 11.8 Å². The van der Waals surface area contributed by atoms with E-state index in [0.717, 1.165) is 38.8 Å². The zero-order chi connectivity index (χ0) is 27.7. The lowest BCUT2D eigenvalue weighted by molar-refractivity contribution is 0.218. The fraction of sp³-hybridized carbons (Fsp3) is 0.314. The normalized spacial score (nSPS) is 13.2. The first kappa shape index (κ1) is 28.0. The van der Waals surface area contributed by atoms with Gasteiger partial charge in [-0.05, 0) is 88.0 Å². The zero-order valence-electron chi connectivity index (χ0n) is 23.4. The van der Waals surface area contributed by atoms with Gasteiger partial charge in [0.1, 0.15) is 0 Å². The van der Waals surface area contributed by atoms with Crippen LogP contribution in [0.1, 0.15) is 46.1 Å². The molecule has 4 aromatic rings. The second-order valence-electron chi connectivity index (χ2n) is 10.9. The molecule has 0 aliphatic heterocycles. The van der Waals surface area contributed by atoms with Gasteiger partial charge in [0, 0.05) is 14.5 Å². The SMILES string of the molecule is CCC(C)COc1ccc(-c2c3ccc(Br)c2-c2ccc(C)cc2-c2cc(Br)ccc2-3)cc1OCC(C)CC. The number of halogens is 2. The molecule has 2 nitrogen and oxygen atoms in total. The van der Waals surface area contributed by atoms with Crippen molar-refractivity contribution >= 4 is 31.9 Å². The highest BCUT2D eigenvalue weighted by Gasteiger charge is 2.26. The quantitative estimate of drug-likeness (QED) is 0.158. The molecule has 5 rings (SSSR count). The molecule has 0 aromatic heterocycles. The molecule has 4 heteroatoms. The van der Waals surface area contributed by atoms with Gasteiger partial charge in [-0.15, -0.1) is 0 Å². The Labute approximate surface area is 250 Å². The van der Waals surface area contributed by atoms with Crippen LogP contribution in [-0.4, -0.2) is 13.2 Å². The van der Waals surface area contributed by atoms with E-state index < -0.39 is 0 Å². The Hall–Kier alpha value is -2.56. The Bertz CT molecular complexity index is 1510. The van der Waals surface area contributed by atoms with Gasteiger partial charge in [0.2, 0.25) is 0 Å². The summed E-state index contributed by atoms with van der Waals surface area (Å²) in [6, 6.07) is 24.3. The van der Waals surface area contributed by atoms with E-state index in [9.17, 15) is 0 Å². The first-order chi connectivity index (χ1) is 18.8. The first-order valence-corrected chi connectivity index (χ1v) is 15.5. The lowest BCUT2D eigenvalue weighted by Crippen LogP contribution is -2.11. The molecule has 0 N–H and O–H groups in total. The van der Waals surface area contributed by atoms with E-state index >= 15 is 0 Å². The smallest absolute Gasteiger partial charge is 0.161 e. The summed E-state index contributed by atoms with van der Waals surface area (Å²) >= 11 is 7.66.